The van der Waals surface area contributed by atoms with Gasteiger partial charge in [0.05, 0.1) is 0 Å². The summed E-state index contributed by atoms with van der Waals surface area (Å²) in [6, 6.07) is 0. The fourth-order valence-corrected chi connectivity index (χ4v) is 2.32. The molecule has 7 heteroatoms. The predicted octanol–water partition coefficient (Wildman–Crippen LogP) is 2.58. The minimum absolute atomic E-state index is 0.375. The van der Waals surface area contributed by atoms with Crippen molar-refractivity contribution in [2.75, 3.05) is 45.8 Å². The van der Waals surface area contributed by atoms with Crippen molar-refractivity contribution >= 4 is 12.1 Å². The van der Waals surface area contributed by atoms with Gasteiger partial charge in [-0.25, -0.2) is 4.79 Å². The van der Waals surface area contributed by atoms with Crippen LogP contribution < -0.4 is 16.0 Å². The largest absolute Gasteiger partial charge is 0.444 e. The third-order valence-electron chi connectivity index (χ3n) is 3.71. The molecule has 7 nitrogen and oxygen atoms in total. The number of ether oxygens (including phenoxy) is 1. The van der Waals surface area contributed by atoms with E-state index in [-0.39, 0.29) is 6.09 Å². The smallest absolute Gasteiger partial charge is 0.407 e. The number of amides is 1. The molecule has 154 valence electrons. The van der Waals surface area contributed by atoms with Gasteiger partial charge in [0, 0.05) is 26.2 Å². The number of carbonyl (C=O) groups is 1. The number of alkyl carbamates (subject to hydrolysis) is 1. The van der Waals surface area contributed by atoms with Crippen molar-refractivity contribution in [3.8, 4) is 0 Å². The van der Waals surface area contributed by atoms with Crippen molar-refractivity contribution in [1.82, 2.24) is 20.9 Å². The molecule has 0 aliphatic carbocycles. The molecule has 1 amide bonds. The van der Waals surface area contributed by atoms with E-state index in [0.29, 0.717) is 13.1 Å². The molecular weight excluding hydrogens is 330 g/mol. The van der Waals surface area contributed by atoms with E-state index in [2.05, 4.69) is 46.6 Å². The Bertz CT molecular complexity index is 390. The number of hydrogen-bond acceptors (Lipinski definition) is 4. The summed E-state index contributed by atoms with van der Waals surface area (Å²) in [6.45, 7) is 18.4. The Morgan fingerprint density at radius 1 is 0.962 bits per heavy atom. The lowest BCUT2D eigenvalue weighted by Crippen LogP contribution is -2.38. The molecule has 26 heavy (non-hydrogen) atoms. The van der Waals surface area contributed by atoms with Crippen molar-refractivity contribution < 1.29 is 9.53 Å². The molecule has 0 aliphatic rings. The van der Waals surface area contributed by atoms with Crippen molar-refractivity contribution in [3.05, 3.63) is 0 Å². The van der Waals surface area contributed by atoms with Gasteiger partial charge in [0.2, 0.25) is 0 Å². The van der Waals surface area contributed by atoms with E-state index >= 15 is 0 Å². The van der Waals surface area contributed by atoms with Crippen LogP contribution in [-0.2, 0) is 4.74 Å². The van der Waals surface area contributed by atoms with E-state index in [1.54, 1.807) is 0 Å². The zero-order valence-corrected chi connectivity index (χ0v) is 17.8. The second kappa shape index (κ2) is 14.6. The number of unbranched alkanes of at least 4 members (excludes halogenated alkanes) is 1. The molecule has 0 saturated heterocycles. The minimum atomic E-state index is -0.463. The topological polar surface area (TPSA) is 78.0 Å². The van der Waals surface area contributed by atoms with Crippen LogP contribution in [0.2, 0.25) is 0 Å². The van der Waals surface area contributed by atoms with Gasteiger partial charge in [-0.15, -0.1) is 0 Å². The Labute approximate surface area is 160 Å². The lowest BCUT2D eigenvalue weighted by atomic mass is 10.2. The first-order chi connectivity index (χ1) is 12.3. The molecule has 0 spiro atoms. The fourth-order valence-electron chi connectivity index (χ4n) is 2.32. The maximum absolute atomic E-state index is 11.6. The molecule has 3 N–H and O–H groups in total. The molecule has 0 fully saturated rings. The van der Waals surface area contributed by atoms with E-state index in [9.17, 15) is 4.79 Å². The summed E-state index contributed by atoms with van der Waals surface area (Å²) in [7, 11) is 0. The summed E-state index contributed by atoms with van der Waals surface area (Å²) in [6.07, 6.45) is 2.71. The van der Waals surface area contributed by atoms with Crippen LogP contribution in [0.1, 0.15) is 60.8 Å². The first kappa shape index (κ1) is 24.5. The molecule has 0 aromatic carbocycles. The number of nitrogens with one attached hydrogen (secondary N) is 3. The lowest BCUT2D eigenvalue weighted by molar-refractivity contribution is 0.0527. The Morgan fingerprint density at radius 2 is 1.62 bits per heavy atom. The van der Waals surface area contributed by atoms with Gasteiger partial charge >= 0.3 is 6.09 Å². The van der Waals surface area contributed by atoms with Crippen LogP contribution in [0.15, 0.2) is 4.99 Å². The highest BCUT2D eigenvalue weighted by molar-refractivity contribution is 5.79. The average molecular weight is 372 g/mol. The monoisotopic (exact) mass is 371 g/mol. The normalized spacial score (nSPS) is 12.2. The predicted molar refractivity (Wildman–Crippen MR) is 110 cm³/mol. The maximum Gasteiger partial charge on any atom is 0.407 e. The van der Waals surface area contributed by atoms with Gasteiger partial charge in [-0.3, -0.25) is 4.99 Å². The van der Waals surface area contributed by atoms with Gasteiger partial charge in [-0.05, 0) is 66.6 Å². The summed E-state index contributed by atoms with van der Waals surface area (Å²) in [5, 5.41) is 9.37. The van der Waals surface area contributed by atoms with Gasteiger partial charge in [-0.2, -0.15) is 0 Å². The zero-order chi connectivity index (χ0) is 19.8. The molecule has 0 heterocycles. The second-order valence-electron chi connectivity index (χ2n) is 7.20. The Hall–Kier alpha value is -1.50. The van der Waals surface area contributed by atoms with Crippen LogP contribution in [0, 0.1) is 0 Å². The van der Waals surface area contributed by atoms with E-state index in [1.165, 1.54) is 6.42 Å². The summed E-state index contributed by atoms with van der Waals surface area (Å²) in [5.74, 6) is 0.840. The van der Waals surface area contributed by atoms with Crippen LogP contribution in [0.4, 0.5) is 4.79 Å². The summed E-state index contributed by atoms with van der Waals surface area (Å²) in [5.41, 5.74) is -0.463. The third-order valence-corrected chi connectivity index (χ3v) is 3.71. The molecule has 0 unspecified atom stereocenters. The Morgan fingerprint density at radius 3 is 2.19 bits per heavy atom. The summed E-state index contributed by atoms with van der Waals surface area (Å²) >= 11 is 0. The highest BCUT2D eigenvalue weighted by Gasteiger charge is 2.15. The van der Waals surface area contributed by atoms with E-state index in [0.717, 1.165) is 51.5 Å². The molecule has 0 aliphatic heterocycles. The SMILES string of the molecule is CCNC(=NCCCNC(=O)OC(C)(C)C)NCCCCN(CC)CC. The minimum Gasteiger partial charge on any atom is -0.444 e. The Kier molecular flexibility index (Phi) is 13.8. The molecule has 0 aromatic heterocycles. The number of aliphatic imine (C=N–C) groups is 1. The van der Waals surface area contributed by atoms with Crippen LogP contribution in [-0.4, -0.2) is 68.4 Å². The van der Waals surface area contributed by atoms with Gasteiger partial charge in [-0.1, -0.05) is 13.8 Å². The van der Waals surface area contributed by atoms with Gasteiger partial charge in [0.1, 0.15) is 5.60 Å². The van der Waals surface area contributed by atoms with E-state index in [4.69, 9.17) is 4.74 Å². The van der Waals surface area contributed by atoms with Crippen molar-refractivity contribution in [2.24, 2.45) is 4.99 Å². The number of guanidine groups is 1. The third kappa shape index (κ3) is 14.8. The molecule has 0 aromatic rings. The number of rotatable bonds is 12. The molecule has 0 radical (unpaired) electrons. The molecule has 0 rings (SSSR count). The van der Waals surface area contributed by atoms with Gasteiger partial charge < -0.3 is 25.6 Å². The maximum atomic E-state index is 11.6. The Balaban J connectivity index is 3.93. The number of hydrogen-bond donors (Lipinski definition) is 3. The highest BCUT2D eigenvalue weighted by atomic mass is 16.6. The standard InChI is InChI=1S/C19H41N5O2/c1-7-20-17(21-13-10-11-16-24(8-2)9-3)22-14-12-15-23-18(25)26-19(4,5)6/h7-16H2,1-6H3,(H,23,25)(H2,20,21,22). The van der Waals surface area contributed by atoms with E-state index < -0.39 is 5.60 Å². The molecule has 0 bridgehead atoms. The number of carbonyl (C=O) groups excluding carboxylic acids is 1. The lowest BCUT2D eigenvalue weighted by Gasteiger charge is -2.19. The summed E-state index contributed by atoms with van der Waals surface area (Å²) < 4.78 is 5.20. The molecule has 0 atom stereocenters. The van der Waals surface area contributed by atoms with Crippen LogP contribution in [0.3, 0.4) is 0 Å². The van der Waals surface area contributed by atoms with E-state index in [1.807, 2.05) is 20.8 Å². The van der Waals surface area contributed by atoms with Gasteiger partial charge in [0.15, 0.2) is 5.96 Å². The quantitative estimate of drug-likeness (QED) is 0.279. The molecular formula is C19H41N5O2. The van der Waals surface area contributed by atoms with Crippen LogP contribution in [0.5, 0.6) is 0 Å². The first-order valence-electron chi connectivity index (χ1n) is 10.0. The number of nitrogens with zero attached hydrogens (tertiary/aromatic N) is 2. The highest BCUT2D eigenvalue weighted by Crippen LogP contribution is 2.06. The summed E-state index contributed by atoms with van der Waals surface area (Å²) in [4.78, 5) is 18.5. The van der Waals surface area contributed by atoms with Crippen LogP contribution >= 0.6 is 0 Å². The molecule has 0 saturated carbocycles. The first-order valence-corrected chi connectivity index (χ1v) is 10.0. The zero-order valence-electron chi connectivity index (χ0n) is 17.8. The van der Waals surface area contributed by atoms with Crippen LogP contribution in [0.25, 0.3) is 0 Å². The fraction of sp³-hybridized carbons (Fsp3) is 0.895. The van der Waals surface area contributed by atoms with Crippen molar-refractivity contribution in [1.29, 1.82) is 0 Å². The van der Waals surface area contributed by atoms with Gasteiger partial charge in [0.25, 0.3) is 0 Å². The second-order valence-corrected chi connectivity index (χ2v) is 7.20. The van der Waals surface area contributed by atoms with Crippen molar-refractivity contribution in [3.63, 3.8) is 0 Å². The van der Waals surface area contributed by atoms with Crippen molar-refractivity contribution in [2.45, 2.75) is 66.4 Å². The average Bonchev–Trinajstić information content (AvgIpc) is 2.56.